The van der Waals surface area contributed by atoms with Gasteiger partial charge in [-0.15, -0.1) is 0 Å². The summed E-state index contributed by atoms with van der Waals surface area (Å²) in [6, 6.07) is 10.3. The molecule has 0 aromatic heterocycles. The third-order valence-corrected chi connectivity index (χ3v) is 3.68. The van der Waals surface area contributed by atoms with Gasteiger partial charge in [-0.25, -0.2) is 0 Å². The fraction of sp³-hybridized carbons (Fsp3) is 0.400. The molecule has 2 fully saturated rings. The first kappa shape index (κ1) is 11.5. The molecule has 1 amide bonds. The first-order valence-corrected chi connectivity index (χ1v) is 6.40. The largest absolute Gasteiger partial charge is 0.374 e. The number of ether oxygens (including phenoxy) is 1. The lowest BCUT2D eigenvalue weighted by Gasteiger charge is -2.27. The van der Waals surface area contributed by atoms with Gasteiger partial charge >= 0.3 is 0 Å². The van der Waals surface area contributed by atoms with E-state index in [0.717, 1.165) is 24.1 Å². The monoisotopic (exact) mass is 243 g/mol. The number of benzene rings is 1. The fourth-order valence-electron chi connectivity index (χ4n) is 2.74. The van der Waals surface area contributed by atoms with Gasteiger partial charge in [-0.3, -0.25) is 4.79 Å². The van der Waals surface area contributed by atoms with Gasteiger partial charge in [-0.2, -0.15) is 0 Å². The molecule has 0 aliphatic carbocycles. The molecule has 2 aliphatic heterocycles. The SMILES string of the molecule is CC(=Cc1ccccc1)C(=O)N1CC2CC1CO2. The molecule has 94 valence electrons. The minimum absolute atomic E-state index is 0.148. The van der Waals surface area contributed by atoms with E-state index in [1.54, 1.807) is 0 Å². The van der Waals surface area contributed by atoms with Gasteiger partial charge in [-0.05, 0) is 25.0 Å². The number of amides is 1. The zero-order chi connectivity index (χ0) is 12.5. The number of hydrogen-bond acceptors (Lipinski definition) is 2. The van der Waals surface area contributed by atoms with Crippen LogP contribution in [0.25, 0.3) is 6.08 Å². The zero-order valence-electron chi connectivity index (χ0n) is 10.5. The van der Waals surface area contributed by atoms with Crippen molar-refractivity contribution < 1.29 is 9.53 Å². The van der Waals surface area contributed by atoms with Crippen molar-refractivity contribution in [3.05, 3.63) is 41.5 Å². The summed E-state index contributed by atoms with van der Waals surface area (Å²) in [4.78, 5) is 14.3. The minimum Gasteiger partial charge on any atom is -0.374 e. The van der Waals surface area contributed by atoms with Gasteiger partial charge in [-0.1, -0.05) is 30.3 Å². The van der Waals surface area contributed by atoms with E-state index in [2.05, 4.69) is 0 Å². The Morgan fingerprint density at radius 2 is 2.17 bits per heavy atom. The van der Waals surface area contributed by atoms with Crippen LogP contribution >= 0.6 is 0 Å². The molecule has 0 spiro atoms. The third kappa shape index (κ3) is 2.06. The second-order valence-corrected chi connectivity index (χ2v) is 5.04. The Labute approximate surface area is 107 Å². The average molecular weight is 243 g/mol. The standard InChI is InChI=1S/C15H17NO2/c1-11(7-12-5-3-2-4-6-12)15(17)16-9-14-8-13(16)10-18-14/h2-7,13-14H,8-10H2,1H3. The van der Waals surface area contributed by atoms with Crippen LogP contribution in [0.4, 0.5) is 0 Å². The molecule has 2 bridgehead atoms. The number of carbonyl (C=O) groups excluding carboxylic acids is 1. The predicted molar refractivity (Wildman–Crippen MR) is 70.0 cm³/mol. The number of nitrogens with zero attached hydrogens (tertiary/aromatic N) is 1. The van der Waals surface area contributed by atoms with Crippen molar-refractivity contribution >= 4 is 12.0 Å². The van der Waals surface area contributed by atoms with Crippen molar-refractivity contribution in [3.8, 4) is 0 Å². The van der Waals surface area contributed by atoms with Crippen LogP contribution in [0.5, 0.6) is 0 Å². The Hall–Kier alpha value is -1.61. The van der Waals surface area contributed by atoms with Crippen molar-refractivity contribution in [1.29, 1.82) is 0 Å². The molecular weight excluding hydrogens is 226 g/mol. The topological polar surface area (TPSA) is 29.5 Å². The number of hydrogen-bond donors (Lipinski definition) is 0. The lowest BCUT2D eigenvalue weighted by Crippen LogP contribution is -2.41. The smallest absolute Gasteiger partial charge is 0.249 e. The van der Waals surface area contributed by atoms with Gasteiger partial charge in [0.1, 0.15) is 0 Å². The van der Waals surface area contributed by atoms with Gasteiger partial charge in [0.15, 0.2) is 0 Å². The Morgan fingerprint density at radius 3 is 2.78 bits per heavy atom. The van der Waals surface area contributed by atoms with Gasteiger partial charge < -0.3 is 9.64 Å². The van der Waals surface area contributed by atoms with Crippen LogP contribution in [-0.4, -0.2) is 36.1 Å². The van der Waals surface area contributed by atoms with Crippen molar-refractivity contribution in [2.75, 3.05) is 13.2 Å². The highest BCUT2D eigenvalue weighted by Gasteiger charge is 2.41. The Bertz CT molecular complexity index is 481. The molecule has 3 rings (SSSR count). The van der Waals surface area contributed by atoms with Crippen LogP contribution < -0.4 is 0 Å². The summed E-state index contributed by atoms with van der Waals surface area (Å²) in [5, 5.41) is 0. The maximum absolute atomic E-state index is 12.3. The Balaban J connectivity index is 1.75. The molecule has 2 atom stereocenters. The Morgan fingerprint density at radius 1 is 1.39 bits per heavy atom. The summed E-state index contributed by atoms with van der Waals surface area (Å²) in [6.07, 6.45) is 3.22. The number of fused-ring (bicyclic) bond motifs is 2. The fourth-order valence-corrected chi connectivity index (χ4v) is 2.74. The molecule has 2 saturated heterocycles. The van der Waals surface area contributed by atoms with E-state index in [1.807, 2.05) is 48.2 Å². The van der Waals surface area contributed by atoms with Crippen LogP contribution in [0.15, 0.2) is 35.9 Å². The van der Waals surface area contributed by atoms with Crippen LogP contribution in [0.2, 0.25) is 0 Å². The molecule has 3 heteroatoms. The van der Waals surface area contributed by atoms with E-state index >= 15 is 0 Å². The maximum atomic E-state index is 12.3. The number of likely N-dealkylation sites (tertiary alicyclic amines) is 1. The number of carbonyl (C=O) groups is 1. The highest BCUT2D eigenvalue weighted by Crippen LogP contribution is 2.29. The summed E-state index contributed by atoms with van der Waals surface area (Å²) < 4.78 is 5.52. The quantitative estimate of drug-likeness (QED) is 0.744. The van der Waals surface area contributed by atoms with E-state index in [4.69, 9.17) is 4.74 Å². The lowest BCUT2D eigenvalue weighted by atomic mass is 10.1. The second-order valence-electron chi connectivity index (χ2n) is 5.04. The van der Waals surface area contributed by atoms with Crippen LogP contribution in [0.1, 0.15) is 18.9 Å². The van der Waals surface area contributed by atoms with Crippen molar-refractivity contribution in [2.45, 2.75) is 25.5 Å². The van der Waals surface area contributed by atoms with E-state index in [1.165, 1.54) is 0 Å². The highest BCUT2D eigenvalue weighted by atomic mass is 16.5. The second kappa shape index (κ2) is 4.58. The van der Waals surface area contributed by atoms with Crippen LogP contribution in [-0.2, 0) is 9.53 Å². The molecule has 0 N–H and O–H groups in total. The average Bonchev–Trinajstić information content (AvgIpc) is 3.01. The van der Waals surface area contributed by atoms with Gasteiger partial charge in [0.05, 0.1) is 18.8 Å². The van der Waals surface area contributed by atoms with Gasteiger partial charge in [0.2, 0.25) is 5.91 Å². The number of rotatable bonds is 2. The van der Waals surface area contributed by atoms with Gasteiger partial charge in [0, 0.05) is 12.1 Å². The number of morpholine rings is 1. The Kier molecular flexibility index (Phi) is 2.92. The lowest BCUT2D eigenvalue weighted by molar-refractivity contribution is -0.131. The molecule has 0 saturated carbocycles. The van der Waals surface area contributed by atoms with E-state index in [-0.39, 0.29) is 12.0 Å². The minimum atomic E-state index is 0.148. The third-order valence-electron chi connectivity index (χ3n) is 3.68. The molecular formula is C15H17NO2. The normalized spacial score (nSPS) is 26.7. The maximum Gasteiger partial charge on any atom is 0.249 e. The van der Waals surface area contributed by atoms with Crippen molar-refractivity contribution in [3.63, 3.8) is 0 Å². The molecule has 2 aliphatic rings. The van der Waals surface area contributed by atoms with E-state index in [0.29, 0.717) is 12.6 Å². The predicted octanol–water partition coefficient (Wildman–Crippen LogP) is 2.09. The summed E-state index contributed by atoms with van der Waals surface area (Å²) in [7, 11) is 0. The summed E-state index contributed by atoms with van der Waals surface area (Å²) in [6.45, 7) is 3.35. The van der Waals surface area contributed by atoms with E-state index < -0.39 is 0 Å². The first-order valence-electron chi connectivity index (χ1n) is 6.40. The van der Waals surface area contributed by atoms with Crippen molar-refractivity contribution in [1.82, 2.24) is 4.90 Å². The molecule has 2 heterocycles. The van der Waals surface area contributed by atoms with Crippen LogP contribution in [0, 0.1) is 0 Å². The molecule has 1 aromatic carbocycles. The van der Waals surface area contributed by atoms with E-state index in [9.17, 15) is 4.79 Å². The van der Waals surface area contributed by atoms with Gasteiger partial charge in [0.25, 0.3) is 0 Å². The first-order chi connectivity index (χ1) is 8.74. The van der Waals surface area contributed by atoms with Crippen LogP contribution in [0.3, 0.4) is 0 Å². The zero-order valence-corrected chi connectivity index (χ0v) is 10.5. The highest BCUT2D eigenvalue weighted by molar-refractivity contribution is 5.97. The van der Waals surface area contributed by atoms with Crippen molar-refractivity contribution in [2.24, 2.45) is 0 Å². The summed E-state index contributed by atoms with van der Waals surface area (Å²) in [5.74, 6) is 0.148. The molecule has 0 radical (unpaired) electrons. The summed E-state index contributed by atoms with van der Waals surface area (Å²) in [5.41, 5.74) is 1.87. The molecule has 3 nitrogen and oxygen atoms in total. The molecule has 2 unspecified atom stereocenters. The summed E-state index contributed by atoms with van der Waals surface area (Å²) >= 11 is 0. The molecule has 1 aromatic rings. The molecule has 18 heavy (non-hydrogen) atoms.